The lowest BCUT2D eigenvalue weighted by Gasteiger charge is -2.34. The van der Waals surface area contributed by atoms with E-state index in [9.17, 15) is 42.4 Å². The highest BCUT2D eigenvalue weighted by atomic mass is 31.2. The summed E-state index contributed by atoms with van der Waals surface area (Å²) in [7, 11) is -6.31. The molecule has 11 atom stereocenters. The highest BCUT2D eigenvalue weighted by molar-refractivity contribution is 7.48. The summed E-state index contributed by atoms with van der Waals surface area (Å²) in [6, 6.07) is 0. The molecule has 0 aromatic heterocycles. The Morgan fingerprint density at radius 1 is 0.466 bits per heavy atom. The molecule has 0 bridgehead atoms. The molecule has 0 heterocycles. The first-order valence-electron chi connectivity index (χ1n) is 18.4. The van der Waals surface area contributed by atoms with Gasteiger partial charge in [-0.05, 0) is 72.0 Å². The van der Waals surface area contributed by atoms with Gasteiger partial charge < -0.3 is 34.5 Å². The molecule has 0 fully saturated rings. The zero-order chi connectivity index (χ0) is 45.5. The monoisotopic (exact) mass is 934 g/mol. The van der Waals surface area contributed by atoms with Gasteiger partial charge in [-0.1, -0.05) is 39.3 Å². The minimum atomic E-state index is -4.84. The van der Waals surface area contributed by atoms with Gasteiger partial charge in [0.15, 0.2) is 0 Å². The van der Waals surface area contributed by atoms with Gasteiger partial charge in [0, 0.05) is 19.4 Å². The Morgan fingerprint density at radius 3 is 1.03 bits per heavy atom. The Morgan fingerprint density at radius 2 is 0.741 bits per heavy atom. The molecule has 0 spiro atoms. The van der Waals surface area contributed by atoms with Crippen molar-refractivity contribution in [3.8, 4) is 0 Å². The summed E-state index contributed by atoms with van der Waals surface area (Å²) in [6.45, 7) is 9.29. The summed E-state index contributed by atoms with van der Waals surface area (Å²) in [6.07, 6.45) is -0.0976. The Balaban J connectivity index is 5.24. The van der Waals surface area contributed by atoms with Gasteiger partial charge in [-0.3, -0.25) is 40.7 Å². The molecule has 0 aliphatic carbocycles. The summed E-state index contributed by atoms with van der Waals surface area (Å²) >= 11 is 0. The van der Waals surface area contributed by atoms with E-state index in [4.69, 9.17) is 74.6 Å². The maximum Gasteiger partial charge on any atom is 0.472 e. The van der Waals surface area contributed by atoms with Crippen LogP contribution in [0.25, 0.3) is 0 Å². The van der Waals surface area contributed by atoms with Crippen LogP contribution in [-0.2, 0) is 63.5 Å². The number of phosphoric acid groups is 5. The van der Waals surface area contributed by atoms with Crippen LogP contribution in [0.1, 0.15) is 107 Å². The predicted molar refractivity (Wildman–Crippen MR) is 214 cm³/mol. The molecule has 29 heteroatoms. The lowest BCUT2D eigenvalue weighted by atomic mass is 9.78. The van der Waals surface area contributed by atoms with Gasteiger partial charge in [0.05, 0.1) is 79.0 Å². The summed E-state index contributed by atoms with van der Waals surface area (Å²) in [4.78, 5) is 59.2. The van der Waals surface area contributed by atoms with Crippen molar-refractivity contribution in [2.75, 3.05) is 39.6 Å². The Labute approximate surface area is 346 Å². The molecule has 0 aliphatic heterocycles. The fourth-order valence-corrected chi connectivity index (χ4v) is 9.97. The SMILES string of the molecule is [B]C(CO)COP(=O)(O)OC(C)(CC)CCOP(=O)(O)OC(C)(CC)CC([B])COP(=O)(O)OC(C)(CC)CCOP(=O)(O)OC(C)(CC)CC([B])COP(=O)(O)O. The zero-order valence-electron chi connectivity index (χ0n) is 34.4. The second-order valence-electron chi connectivity index (χ2n) is 14.9. The van der Waals surface area contributed by atoms with Gasteiger partial charge in [-0.2, -0.15) is 0 Å². The zero-order valence-corrected chi connectivity index (χ0v) is 38.9. The van der Waals surface area contributed by atoms with E-state index in [2.05, 4.69) is 4.52 Å². The molecule has 58 heavy (non-hydrogen) atoms. The van der Waals surface area contributed by atoms with Crippen molar-refractivity contribution in [2.45, 2.75) is 147 Å². The van der Waals surface area contributed by atoms with Crippen LogP contribution in [-0.4, -0.2) is 120 Å². The first-order valence-corrected chi connectivity index (χ1v) is 26.0. The number of aliphatic hydroxyl groups excluding tert-OH is 1. The van der Waals surface area contributed by atoms with Gasteiger partial charge in [-0.15, -0.1) is 0 Å². The summed E-state index contributed by atoms with van der Waals surface area (Å²) in [5.74, 6) is -2.93. The van der Waals surface area contributed by atoms with Crippen molar-refractivity contribution in [1.29, 1.82) is 0 Å². The van der Waals surface area contributed by atoms with E-state index in [1.54, 1.807) is 27.7 Å². The van der Waals surface area contributed by atoms with Gasteiger partial charge in [0.1, 0.15) is 0 Å². The molecule has 6 radical (unpaired) electrons. The van der Waals surface area contributed by atoms with Crippen LogP contribution >= 0.6 is 39.1 Å². The van der Waals surface area contributed by atoms with E-state index in [1.165, 1.54) is 27.7 Å². The van der Waals surface area contributed by atoms with Crippen LogP contribution in [0.3, 0.4) is 0 Å². The lowest BCUT2D eigenvalue weighted by Crippen LogP contribution is -2.32. The first kappa shape index (κ1) is 58.7. The summed E-state index contributed by atoms with van der Waals surface area (Å²) in [5.41, 5.74) is -5.56. The van der Waals surface area contributed by atoms with Gasteiger partial charge >= 0.3 is 39.1 Å². The second kappa shape index (κ2) is 24.7. The number of rotatable bonds is 34. The van der Waals surface area contributed by atoms with Crippen molar-refractivity contribution in [1.82, 2.24) is 0 Å². The van der Waals surface area contributed by atoms with E-state index in [0.29, 0.717) is 0 Å². The van der Waals surface area contributed by atoms with E-state index in [-0.39, 0.29) is 51.4 Å². The quantitative estimate of drug-likeness (QED) is 0.0299. The van der Waals surface area contributed by atoms with Crippen molar-refractivity contribution in [2.24, 2.45) is 0 Å². The number of phosphoric ester groups is 5. The Hall–Kier alpha value is 0.705. The van der Waals surface area contributed by atoms with Crippen molar-refractivity contribution in [3.63, 3.8) is 0 Å². The molecule has 0 rings (SSSR count). The third-order valence-electron chi connectivity index (χ3n) is 9.09. The third-order valence-corrected chi connectivity index (χ3v) is 14.2. The van der Waals surface area contributed by atoms with Crippen LogP contribution in [0.15, 0.2) is 0 Å². The van der Waals surface area contributed by atoms with E-state index >= 15 is 0 Å². The van der Waals surface area contributed by atoms with Crippen LogP contribution in [0, 0.1) is 0 Å². The molecule has 0 aromatic carbocycles. The number of hydrogen-bond acceptors (Lipinski definition) is 15. The van der Waals surface area contributed by atoms with Crippen LogP contribution in [0.5, 0.6) is 0 Å². The van der Waals surface area contributed by atoms with Crippen molar-refractivity contribution >= 4 is 62.7 Å². The van der Waals surface area contributed by atoms with Gasteiger partial charge in [0.2, 0.25) is 0 Å². The maximum atomic E-state index is 13.0. The minimum absolute atomic E-state index is 0.109. The average Bonchev–Trinajstić information content (AvgIpc) is 3.07. The Bertz CT molecular complexity index is 1480. The van der Waals surface area contributed by atoms with Crippen LogP contribution in [0.4, 0.5) is 0 Å². The van der Waals surface area contributed by atoms with Gasteiger partial charge in [0.25, 0.3) is 0 Å². The molecule has 11 unspecified atom stereocenters. The molecule has 0 aliphatic rings. The molecule has 0 saturated heterocycles. The molecular weight excluding hydrogens is 872 g/mol. The van der Waals surface area contributed by atoms with Crippen molar-refractivity contribution < 1.29 is 98.0 Å². The standard InChI is InChI=1S/C29H62B3O21P5/c1-9-26(5,13-15-45-55(37,38)52-28(7,11-3)17-23(30)20-47-54(34,35)36)50-57(41,42)48-21-24(31)18-29(8,12-4)53-56(39,40)46-16-14-27(6,10-2)51-58(43,44)49-22-25(32)19-33/h23-25,33H,9-22H2,1-8H3,(H,37,38)(H,39,40)(H,41,42)(H,43,44)(H2,34,35,36). The fraction of sp³-hybridized carbons (Fsp3) is 1.00. The van der Waals surface area contributed by atoms with Crippen LogP contribution in [0.2, 0.25) is 17.5 Å². The smallest absolute Gasteiger partial charge is 0.397 e. The highest BCUT2D eigenvalue weighted by Crippen LogP contribution is 2.55. The molecule has 21 nitrogen and oxygen atoms in total. The topological polar surface area (TPSA) is 310 Å². The molecule has 7 N–H and O–H groups in total. The highest BCUT2D eigenvalue weighted by Gasteiger charge is 2.41. The number of hydrogen-bond donors (Lipinski definition) is 7. The minimum Gasteiger partial charge on any atom is -0.397 e. The van der Waals surface area contributed by atoms with Gasteiger partial charge in [-0.25, -0.2) is 22.8 Å². The summed E-state index contributed by atoms with van der Waals surface area (Å²) in [5, 5.41) is 8.99. The largest absolute Gasteiger partial charge is 0.472 e. The molecule has 0 aromatic rings. The van der Waals surface area contributed by atoms with Crippen LogP contribution < -0.4 is 0 Å². The fourth-order valence-electron chi connectivity index (χ4n) is 4.89. The summed E-state index contributed by atoms with van der Waals surface area (Å²) < 4.78 is 108. The maximum absolute atomic E-state index is 13.0. The second-order valence-corrected chi connectivity index (χ2v) is 21.6. The molecule has 338 valence electrons. The van der Waals surface area contributed by atoms with E-state index in [0.717, 1.165) is 0 Å². The molecular formula is C29H62B3O21P5. The predicted octanol–water partition coefficient (Wildman–Crippen LogP) is 5.73. The van der Waals surface area contributed by atoms with E-state index < -0.39 is 119 Å². The Kier molecular flexibility index (Phi) is 25.0. The molecule has 0 saturated carbocycles. The number of aliphatic hydroxyl groups is 1. The van der Waals surface area contributed by atoms with E-state index in [1.807, 2.05) is 0 Å². The third kappa shape index (κ3) is 25.7. The molecule has 0 amide bonds. The van der Waals surface area contributed by atoms with Crippen molar-refractivity contribution in [3.05, 3.63) is 0 Å². The average molecular weight is 934 g/mol. The lowest BCUT2D eigenvalue weighted by molar-refractivity contribution is -0.00812. The normalized spacial score (nSPS) is 22.7. The first-order chi connectivity index (χ1) is 26.1.